The standard InChI is InChI=1S/C28H32N2O5S/c1-5-20(3)30(28(32)22-7-9-23(33-4)10-8-22)17-27(31)29(16-26-19(2)12-13-36-26)15-21-6-11-24-25(14-21)35-18-34-24/h6-14,20H,5,15-18H2,1-4H3/t20-/m1/s1. The molecule has 0 saturated carbocycles. The number of amides is 2. The highest BCUT2D eigenvalue weighted by molar-refractivity contribution is 7.10. The van der Waals surface area contributed by atoms with Crippen LogP contribution in [0.3, 0.4) is 0 Å². The number of rotatable bonds is 10. The quantitative estimate of drug-likeness (QED) is 0.374. The zero-order valence-corrected chi connectivity index (χ0v) is 22.0. The Hall–Kier alpha value is -3.52. The summed E-state index contributed by atoms with van der Waals surface area (Å²) in [4.78, 5) is 31.8. The number of carbonyl (C=O) groups is 2. The van der Waals surface area contributed by atoms with Gasteiger partial charge in [-0.15, -0.1) is 11.3 Å². The molecule has 0 bridgehead atoms. The zero-order valence-electron chi connectivity index (χ0n) is 21.2. The van der Waals surface area contributed by atoms with Crippen LogP contribution in [0.5, 0.6) is 17.2 Å². The van der Waals surface area contributed by atoms with Crippen molar-refractivity contribution in [3.63, 3.8) is 0 Å². The maximum atomic E-state index is 13.7. The molecule has 1 aliphatic rings. The van der Waals surface area contributed by atoms with Crippen molar-refractivity contribution in [1.29, 1.82) is 0 Å². The van der Waals surface area contributed by atoms with E-state index in [2.05, 4.69) is 6.07 Å². The van der Waals surface area contributed by atoms with Gasteiger partial charge in [-0.1, -0.05) is 13.0 Å². The lowest BCUT2D eigenvalue weighted by Crippen LogP contribution is -2.46. The molecule has 1 aliphatic heterocycles. The van der Waals surface area contributed by atoms with Gasteiger partial charge in [0.15, 0.2) is 11.5 Å². The van der Waals surface area contributed by atoms with E-state index in [1.165, 1.54) is 0 Å². The predicted molar refractivity (Wildman–Crippen MR) is 140 cm³/mol. The Bertz CT molecular complexity index is 1210. The van der Waals surface area contributed by atoms with Crippen molar-refractivity contribution in [2.75, 3.05) is 20.4 Å². The number of fused-ring (bicyclic) bond motifs is 1. The summed E-state index contributed by atoms with van der Waals surface area (Å²) in [5, 5.41) is 2.03. The summed E-state index contributed by atoms with van der Waals surface area (Å²) < 4.78 is 16.2. The maximum absolute atomic E-state index is 13.7. The normalized spacial score (nSPS) is 12.8. The number of benzene rings is 2. The third-order valence-corrected chi connectivity index (χ3v) is 7.50. The molecule has 0 fully saturated rings. The van der Waals surface area contributed by atoms with Crippen LogP contribution in [0.15, 0.2) is 53.9 Å². The number of hydrogen-bond donors (Lipinski definition) is 0. The summed E-state index contributed by atoms with van der Waals surface area (Å²) in [5.41, 5.74) is 2.62. The second kappa shape index (κ2) is 11.5. The Labute approximate surface area is 216 Å². The number of ether oxygens (including phenoxy) is 3. The molecule has 2 heterocycles. The molecule has 36 heavy (non-hydrogen) atoms. The van der Waals surface area contributed by atoms with Gasteiger partial charge in [0.1, 0.15) is 12.3 Å². The van der Waals surface area contributed by atoms with E-state index in [-0.39, 0.29) is 31.2 Å². The van der Waals surface area contributed by atoms with Crippen molar-refractivity contribution in [2.24, 2.45) is 0 Å². The highest BCUT2D eigenvalue weighted by atomic mass is 32.1. The molecule has 4 rings (SSSR count). The third kappa shape index (κ3) is 5.82. The molecule has 190 valence electrons. The van der Waals surface area contributed by atoms with Gasteiger partial charge in [0, 0.05) is 23.0 Å². The summed E-state index contributed by atoms with van der Waals surface area (Å²) >= 11 is 1.63. The molecular formula is C28H32N2O5S. The van der Waals surface area contributed by atoms with Gasteiger partial charge in [0.2, 0.25) is 12.7 Å². The Balaban J connectivity index is 1.57. The van der Waals surface area contributed by atoms with Crippen LogP contribution >= 0.6 is 11.3 Å². The van der Waals surface area contributed by atoms with Crippen LogP contribution in [-0.2, 0) is 17.9 Å². The number of thiophene rings is 1. The van der Waals surface area contributed by atoms with Crippen LogP contribution in [0.1, 0.15) is 46.6 Å². The van der Waals surface area contributed by atoms with Gasteiger partial charge in [-0.2, -0.15) is 0 Å². The first-order chi connectivity index (χ1) is 17.4. The van der Waals surface area contributed by atoms with Gasteiger partial charge in [0.05, 0.1) is 13.7 Å². The number of nitrogens with zero attached hydrogens (tertiary/aromatic N) is 2. The fraction of sp³-hybridized carbons (Fsp3) is 0.357. The molecule has 0 unspecified atom stereocenters. The van der Waals surface area contributed by atoms with E-state index in [1.807, 2.05) is 49.3 Å². The number of hydrogen-bond acceptors (Lipinski definition) is 6. The molecule has 3 aromatic rings. The van der Waals surface area contributed by atoms with Crippen molar-refractivity contribution in [3.8, 4) is 17.2 Å². The molecule has 0 radical (unpaired) electrons. The van der Waals surface area contributed by atoms with E-state index in [9.17, 15) is 9.59 Å². The SMILES string of the molecule is CC[C@@H](C)N(CC(=O)N(Cc1ccc2c(c1)OCO2)Cc1sccc1C)C(=O)c1ccc(OC)cc1. The lowest BCUT2D eigenvalue weighted by molar-refractivity contribution is -0.133. The fourth-order valence-electron chi connectivity index (χ4n) is 4.02. The van der Waals surface area contributed by atoms with Gasteiger partial charge in [-0.3, -0.25) is 9.59 Å². The topological polar surface area (TPSA) is 68.3 Å². The van der Waals surface area contributed by atoms with Gasteiger partial charge in [-0.05, 0) is 79.2 Å². The average Bonchev–Trinajstić information content (AvgIpc) is 3.54. The van der Waals surface area contributed by atoms with Gasteiger partial charge < -0.3 is 24.0 Å². The molecule has 2 aromatic carbocycles. The van der Waals surface area contributed by atoms with E-state index in [0.717, 1.165) is 22.4 Å². The minimum atomic E-state index is -0.171. The maximum Gasteiger partial charge on any atom is 0.254 e. The lowest BCUT2D eigenvalue weighted by atomic mass is 10.1. The molecule has 0 saturated heterocycles. The van der Waals surface area contributed by atoms with E-state index < -0.39 is 0 Å². The summed E-state index contributed by atoms with van der Waals surface area (Å²) in [5.74, 6) is 1.79. The number of carbonyl (C=O) groups excluding carboxylic acids is 2. The molecular weight excluding hydrogens is 476 g/mol. The second-order valence-electron chi connectivity index (χ2n) is 8.88. The highest BCUT2D eigenvalue weighted by Crippen LogP contribution is 2.33. The van der Waals surface area contributed by atoms with Crippen LogP contribution in [0, 0.1) is 6.92 Å². The van der Waals surface area contributed by atoms with Gasteiger partial charge >= 0.3 is 0 Å². The van der Waals surface area contributed by atoms with E-state index in [4.69, 9.17) is 14.2 Å². The monoisotopic (exact) mass is 508 g/mol. The largest absolute Gasteiger partial charge is 0.497 e. The minimum absolute atomic E-state index is 0.00512. The number of aryl methyl sites for hydroxylation is 1. The molecule has 8 heteroatoms. The van der Waals surface area contributed by atoms with Crippen molar-refractivity contribution >= 4 is 23.2 Å². The van der Waals surface area contributed by atoms with Crippen molar-refractivity contribution in [2.45, 2.75) is 46.3 Å². The van der Waals surface area contributed by atoms with Gasteiger partial charge in [0.25, 0.3) is 5.91 Å². The highest BCUT2D eigenvalue weighted by Gasteiger charge is 2.27. The molecule has 0 N–H and O–H groups in total. The Morgan fingerprint density at radius 3 is 2.47 bits per heavy atom. The smallest absolute Gasteiger partial charge is 0.254 e. The van der Waals surface area contributed by atoms with Crippen LogP contribution in [-0.4, -0.2) is 48.1 Å². The molecule has 0 aliphatic carbocycles. The van der Waals surface area contributed by atoms with Crippen molar-refractivity contribution in [3.05, 3.63) is 75.5 Å². The fourth-order valence-corrected chi connectivity index (χ4v) is 4.95. The third-order valence-electron chi connectivity index (χ3n) is 6.49. The first-order valence-electron chi connectivity index (χ1n) is 12.0. The van der Waals surface area contributed by atoms with Crippen molar-refractivity contribution < 1.29 is 23.8 Å². The summed E-state index contributed by atoms with van der Waals surface area (Å²) in [7, 11) is 1.59. The van der Waals surface area contributed by atoms with Crippen LogP contribution < -0.4 is 14.2 Å². The van der Waals surface area contributed by atoms with Crippen LogP contribution in [0.2, 0.25) is 0 Å². The zero-order chi connectivity index (χ0) is 25.7. The Morgan fingerprint density at radius 1 is 1.06 bits per heavy atom. The lowest BCUT2D eigenvalue weighted by Gasteiger charge is -2.31. The average molecular weight is 509 g/mol. The minimum Gasteiger partial charge on any atom is -0.497 e. The van der Waals surface area contributed by atoms with E-state index in [1.54, 1.807) is 47.6 Å². The molecule has 2 amide bonds. The summed E-state index contributed by atoms with van der Waals surface area (Å²) in [6.07, 6.45) is 0.737. The predicted octanol–water partition coefficient (Wildman–Crippen LogP) is 5.26. The summed E-state index contributed by atoms with van der Waals surface area (Å²) in [6, 6.07) is 14.7. The van der Waals surface area contributed by atoms with E-state index in [0.29, 0.717) is 35.9 Å². The van der Waals surface area contributed by atoms with Crippen LogP contribution in [0.25, 0.3) is 0 Å². The first kappa shape index (κ1) is 25.6. The second-order valence-corrected chi connectivity index (χ2v) is 9.88. The molecule has 7 nitrogen and oxygen atoms in total. The first-order valence-corrected chi connectivity index (χ1v) is 12.9. The summed E-state index contributed by atoms with van der Waals surface area (Å²) in [6.45, 7) is 7.11. The van der Waals surface area contributed by atoms with Crippen molar-refractivity contribution in [1.82, 2.24) is 9.80 Å². The molecule has 1 atom stereocenters. The van der Waals surface area contributed by atoms with Crippen LogP contribution in [0.4, 0.5) is 0 Å². The van der Waals surface area contributed by atoms with Gasteiger partial charge in [-0.25, -0.2) is 0 Å². The number of methoxy groups -OCH3 is 1. The molecule has 0 spiro atoms. The Morgan fingerprint density at radius 2 is 1.81 bits per heavy atom. The van der Waals surface area contributed by atoms with E-state index >= 15 is 0 Å². The molecule has 1 aromatic heterocycles. The Kier molecular flexibility index (Phi) is 8.15.